The minimum absolute atomic E-state index is 0.0397. The van der Waals surface area contributed by atoms with Crippen molar-refractivity contribution in [3.8, 4) is 16.9 Å². The highest BCUT2D eigenvalue weighted by Crippen LogP contribution is 2.27. The Bertz CT molecular complexity index is 1670. The quantitative estimate of drug-likeness (QED) is 0.0873. The molecule has 0 aliphatic carbocycles. The number of esters is 4. The van der Waals surface area contributed by atoms with Crippen molar-refractivity contribution >= 4 is 30.0 Å². The van der Waals surface area contributed by atoms with Crippen LogP contribution in [-0.2, 0) is 53.2 Å². The molecule has 8 heteroatoms. The molecule has 0 saturated heterocycles. The molecule has 0 N–H and O–H groups in total. The van der Waals surface area contributed by atoms with E-state index in [4.69, 9.17) is 18.9 Å². The zero-order valence-electron chi connectivity index (χ0n) is 25.9. The van der Waals surface area contributed by atoms with Gasteiger partial charge in [-0.2, -0.15) is 0 Å². The molecule has 3 rings (SSSR count). The summed E-state index contributed by atoms with van der Waals surface area (Å²) in [6, 6.07) is 18.3. The van der Waals surface area contributed by atoms with E-state index in [1.165, 1.54) is 6.08 Å². The number of carbonyl (C=O) groups is 4. The molecule has 0 saturated carbocycles. The molecule has 3 aromatic rings. The first-order chi connectivity index (χ1) is 21.3. The van der Waals surface area contributed by atoms with Crippen LogP contribution in [0.3, 0.4) is 0 Å². The number of rotatable bonds is 13. The van der Waals surface area contributed by atoms with Gasteiger partial charge in [-0.3, -0.25) is 0 Å². The van der Waals surface area contributed by atoms with Gasteiger partial charge in [-0.15, -0.1) is 0 Å². The molecule has 0 aromatic heterocycles. The molecule has 0 radical (unpaired) electrons. The fraction of sp³-hybridized carbons (Fsp3) is 0.189. The van der Waals surface area contributed by atoms with Crippen LogP contribution < -0.4 is 4.74 Å². The molecule has 0 aliphatic heterocycles. The maximum atomic E-state index is 12.7. The Balaban J connectivity index is 1.68. The standard InChI is InChI=1S/C37H36O8/c1-23(2)35(39)42-20-28-9-12-29(13-10-28)30-15-16-33(26(7)18-30)45-34(38)17-11-27-8-14-31(21-43-36(40)24(3)4)32(19-27)22-44-37(41)25(5)6/h8-19H,1,3,5,20-22H2,2,4,6-7H3/b17-11+. The third-order valence-electron chi connectivity index (χ3n) is 6.45. The molecule has 45 heavy (non-hydrogen) atoms. The zero-order chi connectivity index (χ0) is 33.1. The topological polar surface area (TPSA) is 105 Å². The summed E-state index contributed by atoms with van der Waals surface area (Å²) in [4.78, 5) is 48.1. The van der Waals surface area contributed by atoms with Gasteiger partial charge in [0.05, 0.1) is 0 Å². The second-order valence-corrected chi connectivity index (χ2v) is 10.5. The lowest BCUT2D eigenvalue weighted by Crippen LogP contribution is -2.09. The van der Waals surface area contributed by atoms with Gasteiger partial charge in [0.1, 0.15) is 25.6 Å². The number of hydrogen-bond acceptors (Lipinski definition) is 8. The Hall–Kier alpha value is -5.50. The van der Waals surface area contributed by atoms with E-state index in [1.807, 2.05) is 43.3 Å². The van der Waals surface area contributed by atoms with Crippen molar-refractivity contribution in [2.75, 3.05) is 0 Å². The SMILES string of the molecule is C=C(C)C(=O)OCc1ccc(-c2ccc(OC(=O)/C=C/c3ccc(COC(=O)C(=C)C)c(COC(=O)C(=C)C)c3)c(C)c2)cc1. The summed E-state index contributed by atoms with van der Waals surface area (Å²) in [5.74, 6) is -1.68. The summed E-state index contributed by atoms with van der Waals surface area (Å²) in [5.41, 5.74) is 6.25. The minimum atomic E-state index is -0.575. The molecule has 0 unspecified atom stereocenters. The third-order valence-corrected chi connectivity index (χ3v) is 6.45. The fourth-order valence-corrected chi connectivity index (χ4v) is 3.87. The molecule has 0 atom stereocenters. The van der Waals surface area contributed by atoms with Gasteiger partial charge in [-0.1, -0.05) is 62.2 Å². The van der Waals surface area contributed by atoms with Crippen LogP contribution in [0.25, 0.3) is 17.2 Å². The molecular formula is C37H36O8. The van der Waals surface area contributed by atoms with Crippen molar-refractivity contribution in [2.24, 2.45) is 0 Å². The molecule has 0 fully saturated rings. The van der Waals surface area contributed by atoms with E-state index in [-0.39, 0.29) is 31.0 Å². The second-order valence-electron chi connectivity index (χ2n) is 10.5. The van der Waals surface area contributed by atoms with Gasteiger partial charge in [-0.25, -0.2) is 19.2 Å². The van der Waals surface area contributed by atoms with Crippen LogP contribution in [0.2, 0.25) is 0 Å². The highest BCUT2D eigenvalue weighted by atomic mass is 16.5. The minimum Gasteiger partial charge on any atom is -0.457 e. The summed E-state index contributed by atoms with van der Waals surface area (Å²) in [5, 5.41) is 0. The fourth-order valence-electron chi connectivity index (χ4n) is 3.87. The number of hydrogen-bond donors (Lipinski definition) is 0. The van der Waals surface area contributed by atoms with E-state index in [1.54, 1.807) is 51.1 Å². The van der Waals surface area contributed by atoms with Gasteiger partial charge >= 0.3 is 23.9 Å². The van der Waals surface area contributed by atoms with Crippen molar-refractivity contribution in [3.63, 3.8) is 0 Å². The van der Waals surface area contributed by atoms with E-state index in [9.17, 15) is 19.2 Å². The zero-order valence-corrected chi connectivity index (χ0v) is 25.9. The first-order valence-electron chi connectivity index (χ1n) is 14.0. The van der Waals surface area contributed by atoms with E-state index >= 15 is 0 Å². The first kappa shape index (κ1) is 34.0. The van der Waals surface area contributed by atoms with Gasteiger partial charge < -0.3 is 18.9 Å². The molecule has 0 aliphatic rings. The van der Waals surface area contributed by atoms with Crippen LogP contribution in [0, 0.1) is 6.92 Å². The van der Waals surface area contributed by atoms with Gasteiger partial charge in [0.2, 0.25) is 0 Å². The smallest absolute Gasteiger partial charge is 0.336 e. The molecule has 0 amide bonds. The average molecular weight is 609 g/mol. The number of aryl methyl sites for hydroxylation is 1. The van der Waals surface area contributed by atoms with Gasteiger partial charge in [0.15, 0.2) is 0 Å². The van der Waals surface area contributed by atoms with Crippen molar-refractivity contribution in [2.45, 2.75) is 47.5 Å². The highest BCUT2D eigenvalue weighted by Gasteiger charge is 2.12. The van der Waals surface area contributed by atoms with E-state index in [2.05, 4.69) is 19.7 Å². The Morgan fingerprint density at radius 3 is 1.73 bits per heavy atom. The maximum absolute atomic E-state index is 12.7. The van der Waals surface area contributed by atoms with E-state index in [0.717, 1.165) is 22.3 Å². The predicted octanol–water partition coefficient (Wildman–Crippen LogP) is 7.14. The van der Waals surface area contributed by atoms with Gasteiger partial charge in [-0.05, 0) is 90.9 Å². The number of ether oxygens (including phenoxy) is 4. The van der Waals surface area contributed by atoms with Crippen LogP contribution >= 0.6 is 0 Å². The van der Waals surface area contributed by atoms with Crippen molar-refractivity contribution in [1.82, 2.24) is 0 Å². The molecule has 232 valence electrons. The molecule has 0 spiro atoms. The average Bonchev–Trinajstić information content (AvgIpc) is 3.01. The Morgan fingerprint density at radius 1 is 0.644 bits per heavy atom. The van der Waals surface area contributed by atoms with Crippen molar-refractivity contribution < 1.29 is 38.1 Å². The van der Waals surface area contributed by atoms with Crippen molar-refractivity contribution in [3.05, 3.63) is 131 Å². The predicted molar refractivity (Wildman–Crippen MR) is 172 cm³/mol. The Labute approximate surface area is 263 Å². The Morgan fingerprint density at radius 2 is 1.18 bits per heavy atom. The van der Waals surface area contributed by atoms with Crippen LogP contribution in [0.1, 0.15) is 48.6 Å². The van der Waals surface area contributed by atoms with Crippen molar-refractivity contribution in [1.29, 1.82) is 0 Å². The van der Waals surface area contributed by atoms with Crippen LogP contribution in [0.5, 0.6) is 5.75 Å². The van der Waals surface area contributed by atoms with Gasteiger partial charge in [0.25, 0.3) is 0 Å². The summed E-state index contributed by atoms with van der Waals surface area (Å²) in [6.45, 7) is 17.3. The van der Waals surface area contributed by atoms with Crippen LogP contribution in [0.4, 0.5) is 0 Å². The molecule has 3 aromatic carbocycles. The first-order valence-corrected chi connectivity index (χ1v) is 14.0. The summed E-state index contributed by atoms with van der Waals surface area (Å²) in [7, 11) is 0. The van der Waals surface area contributed by atoms with E-state index in [0.29, 0.717) is 28.0 Å². The maximum Gasteiger partial charge on any atom is 0.336 e. The Kier molecular flexibility index (Phi) is 12.0. The van der Waals surface area contributed by atoms with E-state index < -0.39 is 23.9 Å². The lowest BCUT2D eigenvalue weighted by atomic mass is 10.0. The lowest BCUT2D eigenvalue weighted by molar-refractivity contribution is -0.141. The van der Waals surface area contributed by atoms with Gasteiger partial charge in [0, 0.05) is 22.8 Å². The summed E-state index contributed by atoms with van der Waals surface area (Å²) in [6.07, 6.45) is 2.88. The van der Waals surface area contributed by atoms with Crippen LogP contribution in [-0.4, -0.2) is 23.9 Å². The molecule has 0 heterocycles. The normalized spacial score (nSPS) is 10.6. The largest absolute Gasteiger partial charge is 0.457 e. The number of benzene rings is 3. The molecule has 8 nitrogen and oxygen atoms in total. The van der Waals surface area contributed by atoms with Crippen LogP contribution in [0.15, 0.2) is 103 Å². The molecular weight excluding hydrogens is 572 g/mol. The number of carbonyl (C=O) groups excluding carboxylic acids is 4. The summed E-state index contributed by atoms with van der Waals surface area (Å²) < 4.78 is 21.3. The molecule has 0 bridgehead atoms. The third kappa shape index (κ3) is 10.3. The lowest BCUT2D eigenvalue weighted by Gasteiger charge is -2.12. The highest BCUT2D eigenvalue weighted by molar-refractivity contribution is 5.89. The summed E-state index contributed by atoms with van der Waals surface area (Å²) >= 11 is 0. The monoisotopic (exact) mass is 608 g/mol. The second kappa shape index (κ2) is 15.8.